The largest absolute Gasteiger partial charge is 0.453 e. The zero-order valence-corrected chi connectivity index (χ0v) is 22.3. The van der Waals surface area contributed by atoms with Gasteiger partial charge in [0.1, 0.15) is 18.2 Å². The van der Waals surface area contributed by atoms with E-state index < -0.39 is 24.1 Å². The molecule has 4 rings (SSSR count). The van der Waals surface area contributed by atoms with Crippen LogP contribution in [0.25, 0.3) is 11.0 Å². The summed E-state index contributed by atoms with van der Waals surface area (Å²) in [7, 11) is 0. The normalized spacial score (nSPS) is 12.6. The number of carbonyl (C=O) groups is 3. The van der Waals surface area contributed by atoms with Gasteiger partial charge in [-0.3, -0.25) is 9.59 Å². The molecule has 1 aromatic heterocycles. The minimum absolute atomic E-state index is 0.0902. The minimum atomic E-state index is -0.865. The van der Waals surface area contributed by atoms with E-state index in [1.807, 2.05) is 92.7 Å². The third-order valence-electron chi connectivity index (χ3n) is 6.39. The van der Waals surface area contributed by atoms with Gasteiger partial charge < -0.3 is 19.8 Å². The molecule has 39 heavy (non-hydrogen) atoms. The molecule has 2 N–H and O–H groups in total. The van der Waals surface area contributed by atoms with Gasteiger partial charge in [0.2, 0.25) is 11.7 Å². The lowest BCUT2D eigenvalue weighted by atomic mass is 9.98. The molecule has 0 spiro atoms. The van der Waals surface area contributed by atoms with Crippen LogP contribution in [0.4, 0.5) is 4.79 Å². The fraction of sp³-hybridized carbons (Fsp3) is 0.281. The number of ketones is 1. The molecule has 0 fully saturated rings. The lowest BCUT2D eigenvalue weighted by Gasteiger charge is -2.23. The number of carbonyl (C=O) groups excluding carboxylic acids is 3. The lowest BCUT2D eigenvalue weighted by molar-refractivity contribution is -0.124. The lowest BCUT2D eigenvalue weighted by Crippen LogP contribution is -2.52. The number of ether oxygens (including phenoxy) is 1. The van der Waals surface area contributed by atoms with Gasteiger partial charge in [-0.15, -0.1) is 0 Å². The molecule has 0 aliphatic carbocycles. The summed E-state index contributed by atoms with van der Waals surface area (Å²) in [6, 6.07) is 26.5. The number of rotatable bonds is 12. The Morgan fingerprint density at radius 2 is 1.44 bits per heavy atom. The van der Waals surface area contributed by atoms with Gasteiger partial charge in [0.05, 0.1) is 6.04 Å². The molecular formula is C32H34N2O5. The molecule has 4 aromatic rings. The van der Waals surface area contributed by atoms with Gasteiger partial charge in [-0.05, 0) is 48.4 Å². The molecule has 1 heterocycles. The van der Waals surface area contributed by atoms with Crippen molar-refractivity contribution in [3.63, 3.8) is 0 Å². The van der Waals surface area contributed by atoms with Crippen molar-refractivity contribution in [1.29, 1.82) is 0 Å². The van der Waals surface area contributed by atoms with Crippen molar-refractivity contribution in [3.05, 3.63) is 108 Å². The summed E-state index contributed by atoms with van der Waals surface area (Å²) in [5, 5.41) is 6.40. The molecule has 7 heteroatoms. The SMILES string of the molecule is CC(C)CC(NC(=O)OCc1ccccc1)C(=O)NC(CCc1ccccc1)C(=O)c1cc2ccccc2o1. The van der Waals surface area contributed by atoms with Gasteiger partial charge in [-0.1, -0.05) is 92.7 Å². The third kappa shape index (κ3) is 8.04. The van der Waals surface area contributed by atoms with Crippen LogP contribution in [0, 0.1) is 5.92 Å². The highest BCUT2D eigenvalue weighted by Crippen LogP contribution is 2.21. The molecule has 0 aliphatic heterocycles. The summed E-state index contributed by atoms with van der Waals surface area (Å²) < 4.78 is 11.2. The Morgan fingerprint density at radius 1 is 0.795 bits per heavy atom. The smallest absolute Gasteiger partial charge is 0.408 e. The van der Waals surface area contributed by atoms with E-state index in [-0.39, 0.29) is 24.1 Å². The Balaban J connectivity index is 1.48. The maximum absolute atomic E-state index is 13.6. The predicted octanol–water partition coefficient (Wildman–Crippen LogP) is 6.07. The van der Waals surface area contributed by atoms with Crippen molar-refractivity contribution < 1.29 is 23.5 Å². The van der Waals surface area contributed by atoms with Crippen LogP contribution in [0.1, 0.15) is 48.4 Å². The van der Waals surface area contributed by atoms with Crippen LogP contribution in [0.5, 0.6) is 0 Å². The summed E-state index contributed by atoms with van der Waals surface area (Å²) in [6.45, 7) is 4.01. The number of Topliss-reactive ketones (excluding diaryl/α,β-unsaturated/α-hetero) is 1. The molecule has 0 bridgehead atoms. The van der Waals surface area contributed by atoms with E-state index in [0.717, 1.165) is 16.5 Å². The van der Waals surface area contributed by atoms with E-state index in [2.05, 4.69) is 10.6 Å². The Kier molecular flexibility index (Phi) is 9.51. The second-order valence-electron chi connectivity index (χ2n) is 9.99. The zero-order chi connectivity index (χ0) is 27.6. The fourth-order valence-corrected chi connectivity index (χ4v) is 4.38. The molecule has 0 radical (unpaired) electrons. The summed E-state index contributed by atoms with van der Waals surface area (Å²) in [4.78, 5) is 39.6. The van der Waals surface area contributed by atoms with Crippen molar-refractivity contribution >= 4 is 28.8 Å². The van der Waals surface area contributed by atoms with Crippen LogP contribution in [0.3, 0.4) is 0 Å². The molecule has 3 aromatic carbocycles. The van der Waals surface area contributed by atoms with E-state index >= 15 is 0 Å². The standard InChI is InChI=1S/C32H34N2O5/c1-22(2)19-27(34-32(37)38-21-24-13-7-4-8-14-24)31(36)33-26(18-17-23-11-5-3-6-12-23)30(35)29-20-25-15-9-10-16-28(25)39-29/h3-16,20,22,26-27H,17-19,21H2,1-2H3,(H,33,36)(H,34,37). The summed E-state index contributed by atoms with van der Waals surface area (Å²) in [6.07, 6.45) is 0.651. The Labute approximate surface area is 228 Å². The van der Waals surface area contributed by atoms with E-state index in [1.54, 1.807) is 12.1 Å². The van der Waals surface area contributed by atoms with Crippen LogP contribution < -0.4 is 10.6 Å². The molecular weight excluding hydrogens is 492 g/mol. The average molecular weight is 527 g/mol. The number of alkyl carbamates (subject to hydrolysis) is 1. The van der Waals surface area contributed by atoms with Crippen LogP contribution in [0.2, 0.25) is 0 Å². The number of aryl methyl sites for hydroxylation is 1. The number of hydrogen-bond donors (Lipinski definition) is 2. The molecule has 2 atom stereocenters. The van der Waals surface area contributed by atoms with Gasteiger partial charge >= 0.3 is 6.09 Å². The zero-order valence-electron chi connectivity index (χ0n) is 22.3. The number of benzene rings is 3. The third-order valence-corrected chi connectivity index (χ3v) is 6.39. The second kappa shape index (κ2) is 13.4. The first-order valence-electron chi connectivity index (χ1n) is 13.2. The molecule has 202 valence electrons. The topological polar surface area (TPSA) is 97.6 Å². The molecule has 0 aliphatic rings. The summed E-state index contributed by atoms with van der Waals surface area (Å²) in [5.41, 5.74) is 2.50. The predicted molar refractivity (Wildman–Crippen MR) is 150 cm³/mol. The Bertz CT molecular complexity index is 1350. The molecule has 2 unspecified atom stereocenters. The minimum Gasteiger partial charge on any atom is -0.453 e. The number of nitrogens with one attached hydrogen (secondary N) is 2. The van der Waals surface area contributed by atoms with Crippen LogP contribution in [-0.2, 0) is 22.6 Å². The number of amides is 2. The van der Waals surface area contributed by atoms with Gasteiger partial charge in [0.25, 0.3) is 0 Å². The van der Waals surface area contributed by atoms with Crippen LogP contribution in [-0.4, -0.2) is 29.9 Å². The van der Waals surface area contributed by atoms with E-state index in [9.17, 15) is 14.4 Å². The van der Waals surface area contributed by atoms with E-state index in [0.29, 0.717) is 24.8 Å². The summed E-state index contributed by atoms with van der Waals surface area (Å²) in [5.74, 6) is -0.456. The average Bonchev–Trinajstić information content (AvgIpc) is 3.39. The monoisotopic (exact) mass is 526 g/mol. The first kappa shape index (κ1) is 27.6. The fourth-order valence-electron chi connectivity index (χ4n) is 4.38. The van der Waals surface area contributed by atoms with Crippen LogP contribution >= 0.6 is 0 Å². The summed E-state index contributed by atoms with van der Waals surface area (Å²) >= 11 is 0. The van der Waals surface area contributed by atoms with E-state index in [1.165, 1.54) is 0 Å². The van der Waals surface area contributed by atoms with Crippen molar-refractivity contribution in [2.75, 3.05) is 0 Å². The number of fused-ring (bicyclic) bond motifs is 1. The number of para-hydroxylation sites is 1. The quantitative estimate of drug-likeness (QED) is 0.218. The van der Waals surface area contributed by atoms with Crippen LogP contribution in [0.15, 0.2) is 95.4 Å². The molecule has 2 amide bonds. The highest BCUT2D eigenvalue weighted by molar-refractivity contribution is 6.03. The van der Waals surface area contributed by atoms with Gasteiger partial charge in [0, 0.05) is 5.39 Å². The first-order valence-corrected chi connectivity index (χ1v) is 13.2. The number of furan rings is 1. The molecule has 0 saturated carbocycles. The maximum Gasteiger partial charge on any atom is 0.408 e. The van der Waals surface area contributed by atoms with Gasteiger partial charge in [-0.2, -0.15) is 0 Å². The highest BCUT2D eigenvalue weighted by atomic mass is 16.5. The highest BCUT2D eigenvalue weighted by Gasteiger charge is 2.29. The van der Waals surface area contributed by atoms with Crippen molar-refractivity contribution in [3.8, 4) is 0 Å². The molecule has 7 nitrogen and oxygen atoms in total. The Hall–Kier alpha value is -4.39. The van der Waals surface area contributed by atoms with E-state index in [4.69, 9.17) is 9.15 Å². The Morgan fingerprint density at radius 3 is 2.10 bits per heavy atom. The molecule has 0 saturated heterocycles. The first-order chi connectivity index (χ1) is 18.9. The van der Waals surface area contributed by atoms with Gasteiger partial charge in [-0.25, -0.2) is 4.79 Å². The maximum atomic E-state index is 13.6. The number of hydrogen-bond acceptors (Lipinski definition) is 5. The van der Waals surface area contributed by atoms with Crippen molar-refractivity contribution in [2.45, 2.75) is 51.8 Å². The second-order valence-corrected chi connectivity index (χ2v) is 9.99. The van der Waals surface area contributed by atoms with Crippen molar-refractivity contribution in [2.24, 2.45) is 5.92 Å². The van der Waals surface area contributed by atoms with Gasteiger partial charge in [0.15, 0.2) is 5.76 Å². The van der Waals surface area contributed by atoms with Crippen molar-refractivity contribution in [1.82, 2.24) is 10.6 Å².